The summed E-state index contributed by atoms with van der Waals surface area (Å²) in [5.74, 6) is -0.103. The Morgan fingerprint density at radius 2 is 2.05 bits per heavy atom. The molecular weight excluding hydrogens is 270 g/mol. The van der Waals surface area contributed by atoms with Gasteiger partial charge in [-0.15, -0.1) is 0 Å². The third-order valence-electron chi connectivity index (χ3n) is 3.46. The van der Waals surface area contributed by atoms with Gasteiger partial charge in [0.1, 0.15) is 0 Å². The van der Waals surface area contributed by atoms with E-state index in [2.05, 4.69) is 10.6 Å². The molecule has 1 heterocycles. The second-order valence-electron chi connectivity index (χ2n) is 5.62. The monoisotopic (exact) mass is 291 g/mol. The second kappa shape index (κ2) is 6.13. The van der Waals surface area contributed by atoms with E-state index in [1.54, 1.807) is 24.1 Å². The maximum Gasteiger partial charge on any atom is 0.321 e. The van der Waals surface area contributed by atoms with Crippen molar-refractivity contribution in [3.8, 4) is 0 Å². The fourth-order valence-electron chi connectivity index (χ4n) is 2.11. The highest BCUT2D eigenvalue weighted by Crippen LogP contribution is 2.20. The molecule has 1 aromatic rings. The zero-order valence-electron chi connectivity index (χ0n) is 12.6. The van der Waals surface area contributed by atoms with E-state index in [9.17, 15) is 9.59 Å². The van der Waals surface area contributed by atoms with Gasteiger partial charge in [0, 0.05) is 31.6 Å². The van der Waals surface area contributed by atoms with Gasteiger partial charge < -0.3 is 15.4 Å². The Balaban J connectivity index is 1.96. The summed E-state index contributed by atoms with van der Waals surface area (Å²) in [6, 6.07) is 7.13. The lowest BCUT2D eigenvalue weighted by Gasteiger charge is -2.22. The maximum absolute atomic E-state index is 11.9. The number of carbonyl (C=O) groups excluding carboxylic acids is 2. The van der Waals surface area contributed by atoms with Gasteiger partial charge in [0.05, 0.1) is 12.0 Å². The van der Waals surface area contributed by atoms with Crippen LogP contribution in [0.15, 0.2) is 24.3 Å². The molecule has 0 aliphatic carbocycles. The van der Waals surface area contributed by atoms with Crippen molar-refractivity contribution in [1.29, 1.82) is 0 Å². The van der Waals surface area contributed by atoms with E-state index >= 15 is 0 Å². The van der Waals surface area contributed by atoms with Gasteiger partial charge in [-0.25, -0.2) is 4.79 Å². The van der Waals surface area contributed by atoms with Crippen LogP contribution in [-0.4, -0.2) is 37.7 Å². The highest BCUT2D eigenvalue weighted by atomic mass is 16.5. The number of nitrogens with one attached hydrogen (secondary N) is 2. The molecule has 3 amide bonds. The summed E-state index contributed by atoms with van der Waals surface area (Å²) in [6.07, 6.45) is 0.278. The minimum Gasteiger partial charge on any atom is -0.378 e. The molecule has 0 radical (unpaired) electrons. The molecule has 114 valence electrons. The van der Waals surface area contributed by atoms with E-state index in [4.69, 9.17) is 4.74 Å². The molecule has 1 aliphatic rings. The van der Waals surface area contributed by atoms with Gasteiger partial charge in [0.2, 0.25) is 5.91 Å². The van der Waals surface area contributed by atoms with Crippen LogP contribution in [0.25, 0.3) is 0 Å². The molecule has 1 aliphatic heterocycles. The third-order valence-corrected chi connectivity index (χ3v) is 3.46. The molecule has 0 saturated carbocycles. The van der Waals surface area contributed by atoms with Gasteiger partial charge in [-0.2, -0.15) is 0 Å². The average Bonchev–Trinajstić information content (AvgIpc) is 2.85. The van der Waals surface area contributed by atoms with Gasteiger partial charge in [-0.3, -0.25) is 9.69 Å². The lowest BCUT2D eigenvalue weighted by molar-refractivity contribution is -0.121. The number of urea groups is 1. The van der Waals surface area contributed by atoms with Crippen molar-refractivity contribution >= 4 is 23.3 Å². The Labute approximate surface area is 124 Å². The maximum atomic E-state index is 11.9. The normalized spacial score (nSPS) is 15.0. The van der Waals surface area contributed by atoms with Crippen LogP contribution in [0.5, 0.6) is 0 Å². The lowest BCUT2D eigenvalue weighted by atomic mass is 10.0. The molecule has 0 aromatic heterocycles. The molecule has 2 rings (SSSR count). The first-order valence-corrected chi connectivity index (χ1v) is 6.92. The van der Waals surface area contributed by atoms with Crippen molar-refractivity contribution in [3.05, 3.63) is 24.3 Å². The zero-order chi connectivity index (χ0) is 15.5. The molecular formula is C15H21N3O3. The lowest BCUT2D eigenvalue weighted by Crippen LogP contribution is -2.29. The summed E-state index contributed by atoms with van der Waals surface area (Å²) < 4.78 is 5.23. The van der Waals surface area contributed by atoms with E-state index < -0.39 is 5.60 Å². The van der Waals surface area contributed by atoms with E-state index in [-0.39, 0.29) is 18.4 Å². The van der Waals surface area contributed by atoms with Crippen molar-refractivity contribution in [1.82, 2.24) is 5.32 Å². The van der Waals surface area contributed by atoms with Crippen LogP contribution in [0.2, 0.25) is 0 Å². The highest BCUT2D eigenvalue weighted by molar-refractivity contribution is 5.95. The van der Waals surface area contributed by atoms with Gasteiger partial charge >= 0.3 is 6.03 Å². The molecule has 21 heavy (non-hydrogen) atoms. The van der Waals surface area contributed by atoms with Crippen LogP contribution in [0, 0.1) is 0 Å². The summed E-state index contributed by atoms with van der Waals surface area (Å²) in [5, 5.41) is 5.57. The van der Waals surface area contributed by atoms with E-state index in [1.807, 2.05) is 26.0 Å². The van der Waals surface area contributed by atoms with Gasteiger partial charge in [0.15, 0.2) is 0 Å². The Hall–Kier alpha value is -2.08. The number of hydrogen-bond acceptors (Lipinski definition) is 3. The summed E-state index contributed by atoms with van der Waals surface area (Å²) in [4.78, 5) is 25.1. The molecule has 1 fully saturated rings. The smallest absolute Gasteiger partial charge is 0.321 e. The number of hydrogen-bond donors (Lipinski definition) is 2. The number of nitrogens with zero attached hydrogens (tertiary/aromatic N) is 1. The minimum absolute atomic E-state index is 0.0892. The predicted molar refractivity (Wildman–Crippen MR) is 81.5 cm³/mol. The number of methoxy groups -OCH3 is 1. The number of anilines is 2. The first-order valence-electron chi connectivity index (χ1n) is 6.92. The molecule has 2 N–H and O–H groups in total. The number of ether oxygens (including phenoxy) is 1. The average molecular weight is 291 g/mol. The van der Waals surface area contributed by atoms with Gasteiger partial charge in [0.25, 0.3) is 0 Å². The third kappa shape index (κ3) is 3.95. The van der Waals surface area contributed by atoms with E-state index in [0.717, 1.165) is 5.69 Å². The largest absolute Gasteiger partial charge is 0.378 e. The van der Waals surface area contributed by atoms with Crippen molar-refractivity contribution in [3.63, 3.8) is 0 Å². The van der Waals surface area contributed by atoms with Gasteiger partial charge in [-0.1, -0.05) is 0 Å². The molecule has 0 unspecified atom stereocenters. The van der Waals surface area contributed by atoms with E-state index in [0.29, 0.717) is 18.8 Å². The number of benzene rings is 1. The van der Waals surface area contributed by atoms with Crippen LogP contribution in [0.1, 0.15) is 20.3 Å². The Morgan fingerprint density at radius 1 is 1.38 bits per heavy atom. The molecule has 6 heteroatoms. The van der Waals surface area contributed by atoms with Crippen LogP contribution in [0.3, 0.4) is 0 Å². The first kappa shape index (κ1) is 15.3. The topological polar surface area (TPSA) is 70.7 Å². The molecule has 0 atom stereocenters. The van der Waals surface area contributed by atoms with Crippen LogP contribution >= 0.6 is 0 Å². The second-order valence-corrected chi connectivity index (χ2v) is 5.62. The molecule has 0 bridgehead atoms. The number of rotatable bonds is 5. The van der Waals surface area contributed by atoms with Crippen molar-refractivity contribution < 1.29 is 14.3 Å². The summed E-state index contributed by atoms with van der Waals surface area (Å²) >= 11 is 0. The summed E-state index contributed by atoms with van der Waals surface area (Å²) in [6.45, 7) is 5.04. The summed E-state index contributed by atoms with van der Waals surface area (Å²) in [5.41, 5.74) is 1.04. The standard InChI is InChI=1S/C15H21N3O3/c1-15(2,21-3)10-13(19)17-11-4-6-12(7-5-11)18-9-8-16-14(18)20/h4-7H,8-10H2,1-3H3,(H,16,20)(H,17,19). The highest BCUT2D eigenvalue weighted by Gasteiger charge is 2.22. The number of amides is 3. The van der Waals surface area contributed by atoms with Crippen LogP contribution in [-0.2, 0) is 9.53 Å². The SMILES string of the molecule is COC(C)(C)CC(=O)Nc1ccc(N2CCNC2=O)cc1. The fourth-order valence-corrected chi connectivity index (χ4v) is 2.11. The quantitative estimate of drug-likeness (QED) is 0.871. The summed E-state index contributed by atoms with van der Waals surface area (Å²) in [7, 11) is 1.59. The van der Waals surface area contributed by atoms with Crippen molar-refractivity contribution in [2.24, 2.45) is 0 Å². The molecule has 1 aromatic carbocycles. The number of carbonyl (C=O) groups is 2. The Morgan fingerprint density at radius 3 is 2.57 bits per heavy atom. The Bertz CT molecular complexity index is 525. The van der Waals surface area contributed by atoms with Crippen LogP contribution < -0.4 is 15.5 Å². The first-order chi connectivity index (χ1) is 9.91. The predicted octanol–water partition coefficient (Wildman–Crippen LogP) is 1.97. The molecule has 0 spiro atoms. The van der Waals surface area contributed by atoms with Crippen molar-refractivity contribution in [2.45, 2.75) is 25.9 Å². The Kier molecular flexibility index (Phi) is 4.47. The molecule has 6 nitrogen and oxygen atoms in total. The fraction of sp³-hybridized carbons (Fsp3) is 0.467. The molecule has 1 saturated heterocycles. The zero-order valence-corrected chi connectivity index (χ0v) is 12.6. The van der Waals surface area contributed by atoms with Gasteiger partial charge in [-0.05, 0) is 38.1 Å². The minimum atomic E-state index is -0.488. The van der Waals surface area contributed by atoms with E-state index in [1.165, 1.54) is 0 Å². The van der Waals surface area contributed by atoms with Crippen LogP contribution in [0.4, 0.5) is 16.2 Å². The van der Waals surface area contributed by atoms with Crippen molar-refractivity contribution in [2.75, 3.05) is 30.4 Å².